The van der Waals surface area contributed by atoms with E-state index in [-0.39, 0.29) is 22.9 Å². The largest absolute Gasteiger partial charge is 0.364 e. The summed E-state index contributed by atoms with van der Waals surface area (Å²) in [7, 11) is 0. The molecule has 1 aromatic rings. The number of amides is 1. The Kier molecular flexibility index (Phi) is 2.70. The molecule has 6 nitrogen and oxygen atoms in total. The van der Waals surface area contributed by atoms with Crippen LogP contribution in [0.1, 0.15) is 17.9 Å². The van der Waals surface area contributed by atoms with Crippen LogP contribution in [0, 0.1) is 10.1 Å². The van der Waals surface area contributed by atoms with Crippen LogP contribution in [0.2, 0.25) is 0 Å². The van der Waals surface area contributed by atoms with Crippen LogP contribution in [0.4, 0.5) is 0 Å². The van der Waals surface area contributed by atoms with E-state index in [9.17, 15) is 14.9 Å². The summed E-state index contributed by atoms with van der Waals surface area (Å²) in [4.78, 5) is 24.5. The third-order valence-corrected chi connectivity index (χ3v) is 3.55. The Labute approximate surface area is 109 Å². The molecule has 1 saturated heterocycles. The summed E-state index contributed by atoms with van der Waals surface area (Å²) in [6.07, 6.45) is 0.158. The monoisotopic (exact) mass is 259 g/mol. The van der Waals surface area contributed by atoms with Gasteiger partial charge in [0.25, 0.3) is 5.70 Å². The van der Waals surface area contributed by atoms with Crippen molar-refractivity contribution in [2.45, 2.75) is 12.3 Å². The highest BCUT2D eigenvalue weighted by Gasteiger charge is 2.43. The molecule has 1 amide bonds. The maximum absolute atomic E-state index is 12.1. The molecule has 0 saturated carbocycles. The molecule has 0 spiro atoms. The van der Waals surface area contributed by atoms with Crippen molar-refractivity contribution in [3.05, 3.63) is 57.5 Å². The zero-order valence-corrected chi connectivity index (χ0v) is 10.2. The summed E-state index contributed by atoms with van der Waals surface area (Å²) in [6.45, 7) is 1.08. The Morgan fingerprint density at radius 1 is 1.32 bits per heavy atom. The Bertz CT molecular complexity index is 568. The number of nitrogens with zero attached hydrogens (tertiary/aromatic N) is 2. The molecule has 2 aliphatic heterocycles. The van der Waals surface area contributed by atoms with Crippen molar-refractivity contribution < 1.29 is 9.72 Å². The van der Waals surface area contributed by atoms with Crippen LogP contribution >= 0.6 is 0 Å². The third-order valence-electron chi connectivity index (χ3n) is 3.55. The average molecular weight is 259 g/mol. The quantitative estimate of drug-likeness (QED) is 0.636. The number of hydrogen-bond donors (Lipinski definition) is 1. The predicted molar refractivity (Wildman–Crippen MR) is 67.5 cm³/mol. The lowest BCUT2D eigenvalue weighted by Crippen LogP contribution is -2.37. The minimum Gasteiger partial charge on any atom is -0.364 e. The van der Waals surface area contributed by atoms with E-state index >= 15 is 0 Å². The van der Waals surface area contributed by atoms with E-state index in [2.05, 4.69) is 5.32 Å². The Morgan fingerprint density at radius 2 is 2.05 bits per heavy atom. The van der Waals surface area contributed by atoms with E-state index in [0.717, 1.165) is 5.56 Å². The van der Waals surface area contributed by atoms with Crippen LogP contribution in [0.25, 0.3) is 0 Å². The van der Waals surface area contributed by atoms with E-state index < -0.39 is 5.92 Å². The van der Waals surface area contributed by atoms with Crippen LogP contribution in [0.3, 0.4) is 0 Å². The zero-order valence-electron chi connectivity index (χ0n) is 10.2. The summed E-state index contributed by atoms with van der Waals surface area (Å²) >= 11 is 0. The molecule has 3 rings (SSSR count). The van der Waals surface area contributed by atoms with E-state index in [0.29, 0.717) is 18.9 Å². The first kappa shape index (κ1) is 11.7. The number of benzene rings is 1. The number of fused-ring (bicyclic) bond motifs is 1. The van der Waals surface area contributed by atoms with Gasteiger partial charge < -0.3 is 5.32 Å². The molecule has 0 radical (unpaired) electrons. The summed E-state index contributed by atoms with van der Waals surface area (Å²) in [5.41, 5.74) is 0.909. The Balaban J connectivity index is 2.11. The molecular formula is C13H13N3O3. The van der Waals surface area contributed by atoms with Crippen molar-refractivity contribution in [1.82, 2.24) is 10.2 Å². The highest BCUT2D eigenvalue weighted by Crippen LogP contribution is 2.36. The van der Waals surface area contributed by atoms with E-state index in [1.807, 2.05) is 30.3 Å². The smallest absolute Gasteiger partial charge is 0.294 e. The van der Waals surface area contributed by atoms with Crippen LogP contribution in [0.5, 0.6) is 0 Å². The van der Waals surface area contributed by atoms with Gasteiger partial charge in [0.15, 0.2) is 5.82 Å². The molecule has 0 aromatic heterocycles. The standard InChI is InChI=1S/C13H13N3O3/c17-11-8-10(9-4-2-1-3-5-9)12(16(18)19)13-14-6-7-15(11)13/h1-5,10,14H,6-8H2. The van der Waals surface area contributed by atoms with Crippen LogP contribution in [0.15, 0.2) is 41.8 Å². The molecule has 19 heavy (non-hydrogen) atoms. The fourth-order valence-corrected chi connectivity index (χ4v) is 2.69. The summed E-state index contributed by atoms with van der Waals surface area (Å²) in [5.74, 6) is -0.157. The van der Waals surface area contributed by atoms with E-state index in [4.69, 9.17) is 0 Å². The van der Waals surface area contributed by atoms with Crippen LogP contribution < -0.4 is 5.32 Å². The Hall–Kier alpha value is -2.37. The van der Waals surface area contributed by atoms with Gasteiger partial charge in [0.05, 0.1) is 10.8 Å². The minimum absolute atomic E-state index is 0.0561. The first-order valence-corrected chi connectivity index (χ1v) is 6.16. The normalized spacial score (nSPS) is 22.2. The second kappa shape index (κ2) is 4.38. The van der Waals surface area contributed by atoms with Crippen LogP contribution in [-0.4, -0.2) is 28.8 Å². The van der Waals surface area contributed by atoms with Crippen molar-refractivity contribution >= 4 is 5.91 Å². The molecule has 1 fully saturated rings. The van der Waals surface area contributed by atoms with Gasteiger partial charge in [0, 0.05) is 19.5 Å². The van der Waals surface area contributed by atoms with Crippen molar-refractivity contribution in [3.8, 4) is 0 Å². The van der Waals surface area contributed by atoms with Gasteiger partial charge in [-0.1, -0.05) is 30.3 Å². The first-order valence-electron chi connectivity index (χ1n) is 6.16. The molecule has 0 bridgehead atoms. The topological polar surface area (TPSA) is 75.5 Å². The van der Waals surface area contributed by atoms with Gasteiger partial charge in [0.2, 0.25) is 5.91 Å². The highest BCUT2D eigenvalue weighted by atomic mass is 16.6. The zero-order chi connectivity index (χ0) is 13.4. The maximum atomic E-state index is 12.1. The lowest BCUT2D eigenvalue weighted by Gasteiger charge is -2.26. The molecular weight excluding hydrogens is 246 g/mol. The van der Waals surface area contributed by atoms with Gasteiger partial charge in [-0.2, -0.15) is 0 Å². The molecule has 1 aromatic carbocycles. The molecule has 2 heterocycles. The van der Waals surface area contributed by atoms with E-state index in [1.165, 1.54) is 4.90 Å². The van der Waals surface area contributed by atoms with Gasteiger partial charge in [0.1, 0.15) is 0 Å². The summed E-state index contributed by atoms with van der Waals surface area (Å²) in [6, 6.07) is 9.17. The van der Waals surface area contributed by atoms with E-state index in [1.54, 1.807) is 0 Å². The lowest BCUT2D eigenvalue weighted by molar-refractivity contribution is -0.433. The SMILES string of the molecule is O=C1CC(c2ccccc2)C([N+](=O)[O-])=C2NCCN12. The lowest BCUT2D eigenvalue weighted by atomic mass is 9.89. The van der Waals surface area contributed by atoms with Crippen molar-refractivity contribution in [1.29, 1.82) is 0 Å². The number of nitrogens with one attached hydrogen (secondary N) is 1. The molecule has 1 atom stereocenters. The van der Waals surface area contributed by atoms with Crippen LogP contribution in [-0.2, 0) is 4.79 Å². The highest BCUT2D eigenvalue weighted by molar-refractivity contribution is 5.81. The number of carbonyl (C=O) groups is 1. The van der Waals surface area contributed by atoms with Crippen molar-refractivity contribution in [3.63, 3.8) is 0 Å². The Morgan fingerprint density at radius 3 is 2.74 bits per heavy atom. The first-order chi connectivity index (χ1) is 9.18. The van der Waals surface area contributed by atoms with Gasteiger partial charge in [-0.3, -0.25) is 19.8 Å². The number of hydrogen-bond acceptors (Lipinski definition) is 4. The summed E-state index contributed by atoms with van der Waals surface area (Å²) in [5, 5.41) is 14.3. The third kappa shape index (κ3) is 1.85. The van der Waals surface area contributed by atoms with Crippen molar-refractivity contribution in [2.75, 3.05) is 13.1 Å². The van der Waals surface area contributed by atoms with Gasteiger partial charge in [-0.25, -0.2) is 0 Å². The van der Waals surface area contributed by atoms with Crippen molar-refractivity contribution in [2.24, 2.45) is 0 Å². The number of allylic oxidation sites excluding steroid dienone is 1. The average Bonchev–Trinajstić information content (AvgIpc) is 2.88. The predicted octanol–water partition coefficient (Wildman–Crippen LogP) is 1.05. The maximum Gasteiger partial charge on any atom is 0.294 e. The summed E-state index contributed by atoms with van der Waals surface area (Å²) < 4.78 is 0. The minimum atomic E-state index is -0.472. The second-order valence-corrected chi connectivity index (χ2v) is 4.63. The molecule has 1 unspecified atom stereocenters. The number of rotatable bonds is 2. The molecule has 98 valence electrons. The van der Waals surface area contributed by atoms with Gasteiger partial charge in [-0.15, -0.1) is 0 Å². The molecule has 2 aliphatic rings. The fraction of sp³-hybridized carbons (Fsp3) is 0.308. The fourth-order valence-electron chi connectivity index (χ4n) is 2.69. The molecule has 1 N–H and O–H groups in total. The number of carbonyl (C=O) groups excluding carboxylic acids is 1. The van der Waals surface area contributed by atoms with Gasteiger partial charge >= 0.3 is 0 Å². The molecule has 0 aliphatic carbocycles. The van der Waals surface area contributed by atoms with Gasteiger partial charge in [-0.05, 0) is 5.56 Å². The second-order valence-electron chi connectivity index (χ2n) is 4.63. The number of nitro groups is 1. The molecule has 6 heteroatoms.